The van der Waals surface area contributed by atoms with Gasteiger partial charge >= 0.3 is 0 Å². The van der Waals surface area contributed by atoms with Crippen LogP contribution >= 0.6 is 12.4 Å². The molecule has 0 aliphatic carbocycles. The van der Waals surface area contributed by atoms with Crippen LogP contribution in [0.4, 0.5) is 0 Å². The van der Waals surface area contributed by atoms with Gasteiger partial charge < -0.3 is 5.41 Å². The molecule has 0 saturated carbocycles. The van der Waals surface area contributed by atoms with Gasteiger partial charge in [-0.1, -0.05) is 30.3 Å². The first kappa shape index (κ1) is 9.18. The Morgan fingerprint density at radius 3 is 2.00 bits per heavy atom. The third kappa shape index (κ3) is 2.19. The number of rotatable bonds is 1. The molecule has 1 aromatic rings. The minimum absolute atomic E-state index is 0. The van der Waals surface area contributed by atoms with Crippen LogP contribution < -0.4 is 0 Å². The maximum Gasteiger partial charge on any atom is 0.0355 e. The van der Waals surface area contributed by atoms with E-state index in [2.05, 4.69) is 0 Å². The molecule has 0 atom stereocenters. The summed E-state index contributed by atoms with van der Waals surface area (Å²) in [5.74, 6) is 0. The molecule has 0 amide bonds. The molecular weight excluding hydrogens is 146 g/mol. The second kappa shape index (κ2) is 4.07. The number of nitrogens with one attached hydrogen (secondary N) is 1. The molecule has 1 N–H and O–H groups in total. The van der Waals surface area contributed by atoms with Gasteiger partial charge in [-0.3, -0.25) is 0 Å². The first-order valence-electron chi connectivity index (χ1n) is 2.91. The Bertz CT molecular complexity index is 206. The first-order chi connectivity index (χ1) is 4.30. The molecule has 0 spiro atoms. The predicted molar refractivity (Wildman–Crippen MR) is 46.2 cm³/mol. The van der Waals surface area contributed by atoms with Crippen LogP contribution in [-0.4, -0.2) is 5.71 Å². The summed E-state index contributed by atoms with van der Waals surface area (Å²) in [6.45, 7) is 1.79. The van der Waals surface area contributed by atoms with Crippen LogP contribution in [0, 0.1) is 5.41 Å². The van der Waals surface area contributed by atoms with Gasteiger partial charge in [0.2, 0.25) is 0 Å². The van der Waals surface area contributed by atoms with Gasteiger partial charge in [0.05, 0.1) is 0 Å². The highest BCUT2D eigenvalue weighted by Gasteiger charge is 1.88. The van der Waals surface area contributed by atoms with Crippen LogP contribution in [0.2, 0.25) is 0 Å². The van der Waals surface area contributed by atoms with E-state index in [1.165, 1.54) is 0 Å². The largest absolute Gasteiger partial charge is 0.305 e. The normalized spacial score (nSPS) is 8.10. The van der Waals surface area contributed by atoms with Gasteiger partial charge in [-0.05, 0) is 12.5 Å². The Labute approximate surface area is 67.0 Å². The molecule has 1 aromatic carbocycles. The topological polar surface area (TPSA) is 23.9 Å². The minimum Gasteiger partial charge on any atom is -0.305 e. The molecule has 0 heterocycles. The third-order valence-corrected chi connectivity index (χ3v) is 1.21. The second-order valence-corrected chi connectivity index (χ2v) is 1.99. The molecule has 1 nitrogen and oxygen atoms in total. The lowest BCUT2D eigenvalue weighted by atomic mass is 10.1. The van der Waals surface area contributed by atoms with E-state index in [0.29, 0.717) is 5.71 Å². The van der Waals surface area contributed by atoms with Crippen molar-refractivity contribution in [1.29, 1.82) is 5.41 Å². The lowest BCUT2D eigenvalue weighted by Gasteiger charge is -1.92. The fraction of sp³-hybridized carbons (Fsp3) is 0.125. The van der Waals surface area contributed by atoms with Crippen LogP contribution in [0.25, 0.3) is 0 Å². The summed E-state index contributed by atoms with van der Waals surface area (Å²) in [6.07, 6.45) is 0. The number of benzene rings is 1. The summed E-state index contributed by atoms with van der Waals surface area (Å²) in [6, 6.07) is 9.69. The van der Waals surface area contributed by atoms with Crippen molar-refractivity contribution in [3.05, 3.63) is 35.9 Å². The average molecular weight is 156 g/mol. The second-order valence-electron chi connectivity index (χ2n) is 1.99. The molecule has 0 radical (unpaired) electrons. The van der Waals surface area contributed by atoms with Crippen LogP contribution in [-0.2, 0) is 0 Å². The maximum atomic E-state index is 7.24. The molecule has 0 fully saturated rings. The van der Waals surface area contributed by atoms with E-state index < -0.39 is 0 Å². The van der Waals surface area contributed by atoms with E-state index in [9.17, 15) is 0 Å². The summed E-state index contributed by atoms with van der Waals surface area (Å²) in [5.41, 5.74) is 1.62. The van der Waals surface area contributed by atoms with Crippen molar-refractivity contribution >= 4 is 18.1 Å². The zero-order valence-electron chi connectivity index (χ0n) is 5.79. The lowest BCUT2D eigenvalue weighted by molar-refractivity contribution is 1.46. The molecule has 0 aliphatic rings. The molecule has 0 bridgehead atoms. The molecular formula is C8H10ClN. The van der Waals surface area contributed by atoms with Gasteiger partial charge in [0.1, 0.15) is 0 Å². The number of halogens is 1. The standard InChI is InChI=1S/C8H9N.ClH/c1-7(9)8-5-3-2-4-6-8;/h2-6,9H,1H3;1H. The van der Waals surface area contributed by atoms with Gasteiger partial charge in [-0.2, -0.15) is 0 Å². The fourth-order valence-electron chi connectivity index (χ4n) is 0.688. The Balaban J connectivity index is 0.000000810. The van der Waals surface area contributed by atoms with E-state index in [0.717, 1.165) is 5.56 Å². The zero-order chi connectivity index (χ0) is 6.69. The number of hydrogen-bond donors (Lipinski definition) is 1. The highest BCUT2D eigenvalue weighted by atomic mass is 35.5. The molecule has 0 aliphatic heterocycles. The maximum absolute atomic E-state index is 7.24. The van der Waals surface area contributed by atoms with Gasteiger partial charge in [0, 0.05) is 5.71 Å². The Kier molecular flexibility index (Phi) is 3.74. The van der Waals surface area contributed by atoms with Crippen molar-refractivity contribution in [2.75, 3.05) is 0 Å². The molecule has 2 heteroatoms. The van der Waals surface area contributed by atoms with Gasteiger partial charge in [-0.15, -0.1) is 12.4 Å². The van der Waals surface area contributed by atoms with Crippen LogP contribution in [0.15, 0.2) is 30.3 Å². The molecule has 54 valence electrons. The SMILES string of the molecule is CC(=N)c1ccccc1.Cl. The first-order valence-corrected chi connectivity index (χ1v) is 2.91. The summed E-state index contributed by atoms with van der Waals surface area (Å²) >= 11 is 0. The fourth-order valence-corrected chi connectivity index (χ4v) is 0.688. The predicted octanol–water partition coefficient (Wildman–Crippen LogP) is 2.50. The smallest absolute Gasteiger partial charge is 0.0355 e. The van der Waals surface area contributed by atoms with Gasteiger partial charge in [-0.25, -0.2) is 0 Å². The number of hydrogen-bond acceptors (Lipinski definition) is 1. The minimum atomic E-state index is 0. The Hall–Kier alpha value is -0.820. The monoisotopic (exact) mass is 155 g/mol. The van der Waals surface area contributed by atoms with E-state index in [1.807, 2.05) is 30.3 Å². The molecule has 10 heavy (non-hydrogen) atoms. The molecule has 0 aromatic heterocycles. The molecule has 0 saturated heterocycles. The average Bonchev–Trinajstić information content (AvgIpc) is 1.90. The van der Waals surface area contributed by atoms with Crippen molar-refractivity contribution in [3.8, 4) is 0 Å². The van der Waals surface area contributed by atoms with Crippen molar-refractivity contribution in [3.63, 3.8) is 0 Å². The van der Waals surface area contributed by atoms with Crippen LogP contribution in [0.1, 0.15) is 12.5 Å². The zero-order valence-corrected chi connectivity index (χ0v) is 6.61. The summed E-state index contributed by atoms with van der Waals surface area (Å²) in [4.78, 5) is 0. The van der Waals surface area contributed by atoms with Crippen molar-refractivity contribution in [2.45, 2.75) is 6.92 Å². The van der Waals surface area contributed by atoms with Crippen molar-refractivity contribution in [2.24, 2.45) is 0 Å². The van der Waals surface area contributed by atoms with Crippen molar-refractivity contribution in [1.82, 2.24) is 0 Å². The molecule has 1 rings (SSSR count). The van der Waals surface area contributed by atoms with Gasteiger partial charge in [0.25, 0.3) is 0 Å². The quantitative estimate of drug-likeness (QED) is 0.603. The highest BCUT2D eigenvalue weighted by molar-refractivity contribution is 5.96. The van der Waals surface area contributed by atoms with E-state index in [-0.39, 0.29) is 12.4 Å². The van der Waals surface area contributed by atoms with Crippen molar-refractivity contribution < 1.29 is 0 Å². The summed E-state index contributed by atoms with van der Waals surface area (Å²) in [5, 5.41) is 7.24. The van der Waals surface area contributed by atoms with Crippen LogP contribution in [0.3, 0.4) is 0 Å². The van der Waals surface area contributed by atoms with Gasteiger partial charge in [0.15, 0.2) is 0 Å². The third-order valence-electron chi connectivity index (χ3n) is 1.21. The van der Waals surface area contributed by atoms with E-state index in [4.69, 9.17) is 5.41 Å². The van der Waals surface area contributed by atoms with E-state index in [1.54, 1.807) is 6.92 Å². The summed E-state index contributed by atoms with van der Waals surface area (Å²) in [7, 11) is 0. The Morgan fingerprint density at radius 2 is 1.70 bits per heavy atom. The van der Waals surface area contributed by atoms with Crippen LogP contribution in [0.5, 0.6) is 0 Å². The summed E-state index contributed by atoms with van der Waals surface area (Å²) < 4.78 is 0. The highest BCUT2D eigenvalue weighted by Crippen LogP contribution is 1.97. The van der Waals surface area contributed by atoms with E-state index >= 15 is 0 Å². The Morgan fingerprint density at radius 1 is 1.20 bits per heavy atom. The lowest BCUT2D eigenvalue weighted by Crippen LogP contribution is -1.88. The molecule has 0 unspecified atom stereocenters.